The summed E-state index contributed by atoms with van der Waals surface area (Å²) in [5.74, 6) is -0.285. The maximum atomic E-state index is 12.2. The molecule has 0 aliphatic carbocycles. The summed E-state index contributed by atoms with van der Waals surface area (Å²) in [6.45, 7) is 0.300. The lowest BCUT2D eigenvalue weighted by molar-refractivity contribution is -0.116. The molecule has 0 bridgehead atoms. The molecular weight excluding hydrogens is 332 g/mol. The standard InChI is InChI=1S/C20H18N2O2S/c23-19(10-12-21-20(24)16-11-13-25-14-16)22-18-9-5-4-8-17(18)15-6-2-1-3-7-15/h1-9,11,13-14H,10,12H2,(H,21,24)(H,22,23). The lowest BCUT2D eigenvalue weighted by Gasteiger charge is -2.11. The summed E-state index contributed by atoms with van der Waals surface area (Å²) in [4.78, 5) is 24.1. The zero-order valence-corrected chi connectivity index (χ0v) is 14.4. The molecule has 0 spiro atoms. The van der Waals surface area contributed by atoms with Crippen LogP contribution in [-0.2, 0) is 4.79 Å². The van der Waals surface area contributed by atoms with Crippen LogP contribution in [0.2, 0.25) is 0 Å². The van der Waals surface area contributed by atoms with Gasteiger partial charge in [-0.3, -0.25) is 9.59 Å². The molecule has 25 heavy (non-hydrogen) atoms. The Morgan fingerprint density at radius 2 is 1.68 bits per heavy atom. The number of anilines is 1. The lowest BCUT2D eigenvalue weighted by atomic mass is 10.0. The number of rotatable bonds is 6. The van der Waals surface area contributed by atoms with Crippen LogP contribution in [0.3, 0.4) is 0 Å². The Hall–Kier alpha value is -2.92. The van der Waals surface area contributed by atoms with Gasteiger partial charge in [-0.1, -0.05) is 48.5 Å². The van der Waals surface area contributed by atoms with Gasteiger partial charge in [0.05, 0.1) is 0 Å². The third kappa shape index (κ3) is 4.55. The molecule has 1 aromatic heterocycles. The fourth-order valence-corrected chi connectivity index (χ4v) is 3.10. The number of benzene rings is 2. The first-order valence-corrected chi connectivity index (χ1v) is 8.93. The summed E-state index contributed by atoms with van der Waals surface area (Å²) in [5, 5.41) is 9.32. The molecule has 0 saturated heterocycles. The van der Waals surface area contributed by atoms with Gasteiger partial charge in [-0.15, -0.1) is 0 Å². The molecule has 5 heteroatoms. The molecule has 2 N–H and O–H groups in total. The minimum Gasteiger partial charge on any atom is -0.351 e. The second-order valence-electron chi connectivity index (χ2n) is 5.48. The molecule has 0 radical (unpaired) electrons. The molecule has 0 saturated carbocycles. The molecule has 2 amide bonds. The quantitative estimate of drug-likeness (QED) is 0.701. The number of hydrogen-bond donors (Lipinski definition) is 2. The van der Waals surface area contributed by atoms with E-state index < -0.39 is 0 Å². The number of nitrogens with one attached hydrogen (secondary N) is 2. The Balaban J connectivity index is 1.58. The van der Waals surface area contributed by atoms with E-state index in [2.05, 4.69) is 10.6 Å². The number of carbonyl (C=O) groups excluding carboxylic acids is 2. The number of thiophene rings is 1. The molecule has 126 valence electrons. The van der Waals surface area contributed by atoms with E-state index in [4.69, 9.17) is 0 Å². The molecule has 3 rings (SSSR count). The third-order valence-electron chi connectivity index (χ3n) is 3.71. The van der Waals surface area contributed by atoms with Crippen LogP contribution in [0, 0.1) is 0 Å². The van der Waals surface area contributed by atoms with E-state index in [1.54, 1.807) is 11.4 Å². The van der Waals surface area contributed by atoms with Gasteiger partial charge in [-0.2, -0.15) is 11.3 Å². The Morgan fingerprint density at radius 1 is 0.920 bits per heavy atom. The highest BCUT2D eigenvalue weighted by atomic mass is 32.1. The Kier molecular flexibility index (Phi) is 5.59. The molecule has 0 fully saturated rings. The van der Waals surface area contributed by atoms with Gasteiger partial charge in [0.25, 0.3) is 5.91 Å². The first-order valence-electron chi connectivity index (χ1n) is 7.99. The monoisotopic (exact) mass is 350 g/mol. The third-order valence-corrected chi connectivity index (χ3v) is 4.39. The molecular formula is C20H18N2O2S. The van der Waals surface area contributed by atoms with Gasteiger partial charge in [-0.05, 0) is 23.1 Å². The van der Waals surface area contributed by atoms with Crippen molar-refractivity contribution in [1.82, 2.24) is 5.32 Å². The summed E-state index contributed by atoms with van der Waals surface area (Å²) in [7, 11) is 0. The first-order chi connectivity index (χ1) is 12.2. The Morgan fingerprint density at radius 3 is 2.44 bits per heavy atom. The van der Waals surface area contributed by atoms with E-state index in [1.165, 1.54) is 11.3 Å². The Labute approximate surface area is 150 Å². The van der Waals surface area contributed by atoms with Crippen LogP contribution in [0.15, 0.2) is 71.4 Å². The van der Waals surface area contributed by atoms with Crippen LogP contribution < -0.4 is 10.6 Å². The van der Waals surface area contributed by atoms with Gasteiger partial charge in [-0.25, -0.2) is 0 Å². The summed E-state index contributed by atoms with van der Waals surface area (Å²) in [6.07, 6.45) is 0.221. The number of carbonyl (C=O) groups is 2. The second-order valence-corrected chi connectivity index (χ2v) is 6.26. The van der Waals surface area contributed by atoms with Crippen LogP contribution in [0.4, 0.5) is 5.69 Å². The van der Waals surface area contributed by atoms with Crippen molar-refractivity contribution >= 4 is 28.8 Å². The second kappa shape index (κ2) is 8.26. The fourth-order valence-electron chi connectivity index (χ4n) is 2.46. The molecule has 2 aromatic carbocycles. The summed E-state index contributed by atoms with van der Waals surface area (Å²) in [6, 6.07) is 19.4. The van der Waals surface area contributed by atoms with Gasteiger partial charge < -0.3 is 10.6 Å². The van der Waals surface area contributed by atoms with Crippen molar-refractivity contribution in [2.24, 2.45) is 0 Å². The lowest BCUT2D eigenvalue weighted by Crippen LogP contribution is -2.27. The van der Waals surface area contributed by atoms with E-state index in [0.717, 1.165) is 16.8 Å². The molecule has 0 atom stereocenters. The van der Waals surface area contributed by atoms with E-state index in [0.29, 0.717) is 12.1 Å². The summed E-state index contributed by atoms with van der Waals surface area (Å²) in [5.41, 5.74) is 3.41. The normalized spacial score (nSPS) is 10.2. The predicted octanol–water partition coefficient (Wildman–Crippen LogP) is 4.17. The SMILES string of the molecule is O=C(CCNC(=O)c1ccsc1)Nc1ccccc1-c1ccccc1. The zero-order chi connectivity index (χ0) is 17.5. The van der Waals surface area contributed by atoms with Gasteiger partial charge >= 0.3 is 0 Å². The molecule has 4 nitrogen and oxygen atoms in total. The van der Waals surface area contributed by atoms with E-state index in [-0.39, 0.29) is 18.2 Å². The van der Waals surface area contributed by atoms with Crippen molar-refractivity contribution in [2.75, 3.05) is 11.9 Å². The van der Waals surface area contributed by atoms with Crippen LogP contribution in [0.25, 0.3) is 11.1 Å². The number of amides is 2. The van der Waals surface area contributed by atoms with E-state index in [1.807, 2.05) is 60.0 Å². The van der Waals surface area contributed by atoms with Gasteiger partial charge in [0, 0.05) is 35.2 Å². The molecule has 0 aliphatic heterocycles. The summed E-state index contributed by atoms with van der Waals surface area (Å²) < 4.78 is 0. The predicted molar refractivity (Wildman–Crippen MR) is 102 cm³/mol. The average Bonchev–Trinajstić information content (AvgIpc) is 3.18. The van der Waals surface area contributed by atoms with Crippen molar-refractivity contribution in [3.8, 4) is 11.1 Å². The molecule has 0 unspecified atom stereocenters. The fraction of sp³-hybridized carbons (Fsp3) is 0.100. The molecule has 0 aliphatic rings. The van der Waals surface area contributed by atoms with E-state index in [9.17, 15) is 9.59 Å². The zero-order valence-electron chi connectivity index (χ0n) is 13.6. The highest BCUT2D eigenvalue weighted by molar-refractivity contribution is 7.08. The smallest absolute Gasteiger partial charge is 0.252 e. The van der Waals surface area contributed by atoms with Crippen molar-refractivity contribution in [1.29, 1.82) is 0 Å². The average molecular weight is 350 g/mol. The minimum absolute atomic E-state index is 0.131. The topological polar surface area (TPSA) is 58.2 Å². The maximum Gasteiger partial charge on any atom is 0.252 e. The number of para-hydroxylation sites is 1. The van der Waals surface area contributed by atoms with Crippen molar-refractivity contribution in [2.45, 2.75) is 6.42 Å². The van der Waals surface area contributed by atoms with Gasteiger partial charge in [0.1, 0.15) is 0 Å². The number of hydrogen-bond acceptors (Lipinski definition) is 3. The van der Waals surface area contributed by atoms with Crippen LogP contribution >= 0.6 is 11.3 Å². The van der Waals surface area contributed by atoms with Gasteiger partial charge in [0.15, 0.2) is 0 Å². The Bertz CT molecular complexity index is 845. The van der Waals surface area contributed by atoms with Gasteiger partial charge in [0.2, 0.25) is 5.91 Å². The maximum absolute atomic E-state index is 12.2. The summed E-state index contributed by atoms with van der Waals surface area (Å²) >= 11 is 1.47. The highest BCUT2D eigenvalue weighted by Gasteiger charge is 2.09. The van der Waals surface area contributed by atoms with Crippen molar-refractivity contribution in [3.63, 3.8) is 0 Å². The minimum atomic E-state index is -0.154. The van der Waals surface area contributed by atoms with Crippen LogP contribution in [0.1, 0.15) is 16.8 Å². The van der Waals surface area contributed by atoms with E-state index >= 15 is 0 Å². The molecule has 3 aromatic rings. The van der Waals surface area contributed by atoms with Crippen LogP contribution in [0.5, 0.6) is 0 Å². The highest BCUT2D eigenvalue weighted by Crippen LogP contribution is 2.27. The van der Waals surface area contributed by atoms with Crippen molar-refractivity contribution < 1.29 is 9.59 Å². The largest absolute Gasteiger partial charge is 0.351 e. The first kappa shape index (κ1) is 16.9. The van der Waals surface area contributed by atoms with Crippen molar-refractivity contribution in [3.05, 3.63) is 77.0 Å². The molecule has 1 heterocycles. The van der Waals surface area contributed by atoms with Crippen LogP contribution in [-0.4, -0.2) is 18.4 Å².